The summed E-state index contributed by atoms with van der Waals surface area (Å²) in [6.07, 6.45) is 0.942. The van der Waals surface area contributed by atoms with Crippen LogP contribution in [0.25, 0.3) is 0 Å². The largest absolute Gasteiger partial charge is 0.385 e. The lowest BCUT2D eigenvalue weighted by molar-refractivity contribution is 0.198. The smallest absolute Gasteiger partial charge is 0.135 e. The van der Waals surface area contributed by atoms with Crippen LogP contribution in [0.2, 0.25) is 0 Å². The number of rotatable bonds is 6. The molecule has 0 aliphatic rings. The second kappa shape index (κ2) is 6.27. The van der Waals surface area contributed by atoms with Gasteiger partial charge in [0.25, 0.3) is 0 Å². The van der Waals surface area contributed by atoms with E-state index in [0.29, 0.717) is 5.82 Å². The fourth-order valence-electron chi connectivity index (χ4n) is 1.27. The van der Waals surface area contributed by atoms with E-state index in [1.165, 1.54) is 0 Å². The molecular formula is C11H20N4O. The molecule has 3 N–H and O–H groups in total. The van der Waals surface area contributed by atoms with Gasteiger partial charge in [-0.05, 0) is 6.42 Å². The molecular weight excluding hydrogens is 204 g/mol. The van der Waals surface area contributed by atoms with Gasteiger partial charge >= 0.3 is 0 Å². The van der Waals surface area contributed by atoms with Crippen molar-refractivity contribution in [2.75, 3.05) is 31.3 Å². The number of hydrogen-bond acceptors (Lipinski definition) is 5. The number of nitrogens with one attached hydrogen (secondary N) is 1. The van der Waals surface area contributed by atoms with Crippen molar-refractivity contribution in [3.63, 3.8) is 0 Å². The molecule has 0 radical (unpaired) electrons. The Morgan fingerprint density at radius 2 is 2.19 bits per heavy atom. The zero-order valence-corrected chi connectivity index (χ0v) is 10.2. The van der Waals surface area contributed by atoms with Crippen molar-refractivity contribution in [2.24, 2.45) is 0 Å². The first-order valence-electron chi connectivity index (χ1n) is 5.50. The number of ether oxygens (including phenoxy) is 1. The van der Waals surface area contributed by atoms with Crippen LogP contribution in [0.1, 0.15) is 32.0 Å². The van der Waals surface area contributed by atoms with Gasteiger partial charge in [0.2, 0.25) is 0 Å². The molecule has 90 valence electrons. The van der Waals surface area contributed by atoms with E-state index in [4.69, 9.17) is 10.5 Å². The second-order valence-corrected chi connectivity index (χ2v) is 3.96. The maximum atomic E-state index is 5.71. The lowest BCUT2D eigenvalue weighted by Gasteiger charge is -2.09. The Hall–Kier alpha value is -1.36. The van der Waals surface area contributed by atoms with Gasteiger partial charge in [-0.1, -0.05) is 13.8 Å². The fourth-order valence-corrected chi connectivity index (χ4v) is 1.27. The van der Waals surface area contributed by atoms with Crippen molar-refractivity contribution in [2.45, 2.75) is 26.2 Å². The molecule has 0 unspecified atom stereocenters. The predicted molar refractivity (Wildman–Crippen MR) is 65.5 cm³/mol. The van der Waals surface area contributed by atoms with Crippen molar-refractivity contribution in [1.82, 2.24) is 9.97 Å². The van der Waals surface area contributed by atoms with Crippen LogP contribution in [0.3, 0.4) is 0 Å². The lowest BCUT2D eigenvalue weighted by atomic mass is 10.2. The molecule has 0 atom stereocenters. The van der Waals surface area contributed by atoms with Crippen LogP contribution in [0, 0.1) is 0 Å². The quantitative estimate of drug-likeness (QED) is 0.718. The highest BCUT2D eigenvalue weighted by atomic mass is 16.5. The van der Waals surface area contributed by atoms with Gasteiger partial charge in [-0.25, -0.2) is 9.97 Å². The molecule has 1 aromatic rings. The van der Waals surface area contributed by atoms with E-state index in [1.807, 2.05) is 13.8 Å². The molecule has 0 saturated heterocycles. The monoisotopic (exact) mass is 224 g/mol. The summed E-state index contributed by atoms with van der Waals surface area (Å²) in [7, 11) is 1.69. The third kappa shape index (κ3) is 4.02. The standard InChI is InChI=1S/C11H20N4O/c1-8(2)11-14-9(12)7-10(15-11)13-5-4-6-16-3/h7-8H,4-6H2,1-3H3,(H3,12,13,14,15). The molecule has 0 bridgehead atoms. The molecule has 5 nitrogen and oxygen atoms in total. The maximum Gasteiger partial charge on any atom is 0.135 e. The summed E-state index contributed by atoms with van der Waals surface area (Å²) in [5, 5.41) is 3.20. The van der Waals surface area contributed by atoms with Gasteiger partial charge in [-0.2, -0.15) is 0 Å². The first-order chi connectivity index (χ1) is 7.63. The fraction of sp³-hybridized carbons (Fsp3) is 0.636. The number of nitrogens with zero attached hydrogens (tertiary/aromatic N) is 2. The SMILES string of the molecule is COCCCNc1cc(N)nc(C(C)C)n1. The van der Waals surface area contributed by atoms with Gasteiger partial charge in [0.05, 0.1) is 0 Å². The minimum Gasteiger partial charge on any atom is -0.385 e. The highest BCUT2D eigenvalue weighted by molar-refractivity contribution is 5.44. The molecule has 1 aromatic heterocycles. The van der Waals surface area contributed by atoms with Gasteiger partial charge in [0, 0.05) is 32.2 Å². The molecule has 1 heterocycles. The summed E-state index contributed by atoms with van der Waals surface area (Å²) in [5.41, 5.74) is 5.71. The number of methoxy groups -OCH3 is 1. The summed E-state index contributed by atoms with van der Waals surface area (Å²) in [4.78, 5) is 8.57. The summed E-state index contributed by atoms with van der Waals surface area (Å²) in [6, 6.07) is 1.75. The molecule has 0 spiro atoms. The van der Waals surface area contributed by atoms with Crippen LogP contribution in [0.15, 0.2) is 6.07 Å². The van der Waals surface area contributed by atoms with Crippen molar-refractivity contribution < 1.29 is 4.74 Å². The van der Waals surface area contributed by atoms with Gasteiger partial charge < -0.3 is 15.8 Å². The predicted octanol–water partition coefficient (Wildman–Crippen LogP) is 1.63. The van der Waals surface area contributed by atoms with E-state index in [0.717, 1.165) is 31.2 Å². The van der Waals surface area contributed by atoms with Crippen LogP contribution in [-0.2, 0) is 4.74 Å². The summed E-state index contributed by atoms with van der Waals surface area (Å²) in [5.74, 6) is 2.34. The van der Waals surface area contributed by atoms with E-state index >= 15 is 0 Å². The van der Waals surface area contributed by atoms with Gasteiger partial charge in [-0.3, -0.25) is 0 Å². The third-order valence-electron chi connectivity index (χ3n) is 2.11. The second-order valence-electron chi connectivity index (χ2n) is 3.96. The molecule has 16 heavy (non-hydrogen) atoms. The molecule has 0 aliphatic carbocycles. The third-order valence-corrected chi connectivity index (χ3v) is 2.11. The molecule has 0 aromatic carbocycles. The first-order valence-corrected chi connectivity index (χ1v) is 5.50. The van der Waals surface area contributed by atoms with Crippen molar-refractivity contribution in [3.8, 4) is 0 Å². The Balaban J connectivity index is 2.58. The van der Waals surface area contributed by atoms with Gasteiger partial charge in [0.1, 0.15) is 17.5 Å². The summed E-state index contributed by atoms with van der Waals surface area (Å²) < 4.78 is 4.97. The number of aromatic nitrogens is 2. The molecule has 0 amide bonds. The number of anilines is 2. The van der Waals surface area contributed by atoms with Crippen molar-refractivity contribution in [1.29, 1.82) is 0 Å². The lowest BCUT2D eigenvalue weighted by Crippen LogP contribution is -2.09. The summed E-state index contributed by atoms with van der Waals surface area (Å²) >= 11 is 0. The van der Waals surface area contributed by atoms with Crippen LogP contribution in [0.4, 0.5) is 11.6 Å². The van der Waals surface area contributed by atoms with Crippen LogP contribution in [-0.4, -0.2) is 30.2 Å². The Labute approximate surface area is 96.4 Å². The first kappa shape index (κ1) is 12.7. The van der Waals surface area contributed by atoms with Crippen LogP contribution < -0.4 is 11.1 Å². The van der Waals surface area contributed by atoms with Crippen LogP contribution >= 0.6 is 0 Å². The highest BCUT2D eigenvalue weighted by Gasteiger charge is 2.05. The average Bonchev–Trinajstić information content (AvgIpc) is 2.23. The van der Waals surface area contributed by atoms with Crippen molar-refractivity contribution in [3.05, 3.63) is 11.9 Å². The van der Waals surface area contributed by atoms with E-state index in [1.54, 1.807) is 13.2 Å². The zero-order valence-electron chi connectivity index (χ0n) is 10.2. The highest BCUT2D eigenvalue weighted by Crippen LogP contribution is 2.14. The van der Waals surface area contributed by atoms with E-state index in [2.05, 4.69) is 15.3 Å². The van der Waals surface area contributed by atoms with Gasteiger partial charge in [0.15, 0.2) is 0 Å². The molecule has 0 fully saturated rings. The van der Waals surface area contributed by atoms with E-state index in [-0.39, 0.29) is 5.92 Å². The average molecular weight is 224 g/mol. The zero-order chi connectivity index (χ0) is 12.0. The summed E-state index contributed by atoms with van der Waals surface area (Å²) in [6.45, 7) is 5.65. The molecule has 5 heteroatoms. The van der Waals surface area contributed by atoms with E-state index < -0.39 is 0 Å². The maximum absolute atomic E-state index is 5.71. The Kier molecular flexibility index (Phi) is 4.98. The number of nitrogens with two attached hydrogens (primary N) is 1. The topological polar surface area (TPSA) is 73.1 Å². The molecule has 0 aliphatic heterocycles. The molecule has 1 rings (SSSR count). The van der Waals surface area contributed by atoms with Crippen LogP contribution in [0.5, 0.6) is 0 Å². The normalized spacial score (nSPS) is 10.8. The van der Waals surface area contributed by atoms with Crippen molar-refractivity contribution >= 4 is 11.6 Å². The minimum absolute atomic E-state index is 0.281. The number of nitrogen functional groups attached to an aromatic ring is 1. The molecule has 0 saturated carbocycles. The number of hydrogen-bond donors (Lipinski definition) is 2. The Bertz CT molecular complexity index is 328. The Morgan fingerprint density at radius 3 is 2.81 bits per heavy atom. The van der Waals surface area contributed by atoms with E-state index in [9.17, 15) is 0 Å². The minimum atomic E-state index is 0.281. The Morgan fingerprint density at radius 1 is 1.44 bits per heavy atom. The van der Waals surface area contributed by atoms with Gasteiger partial charge in [-0.15, -0.1) is 0 Å².